The summed E-state index contributed by atoms with van der Waals surface area (Å²) in [7, 11) is 0. The number of halogens is 2. The fraction of sp³-hybridized carbons (Fsp3) is 0.652. The highest BCUT2D eigenvalue weighted by atomic mass is 35.5. The van der Waals surface area contributed by atoms with E-state index in [0.717, 1.165) is 41.7 Å². The molecule has 4 rings (SSSR count). The first kappa shape index (κ1) is 18.5. The Bertz CT molecular complexity index is 650. The molecule has 0 aromatic heterocycles. The second-order valence-electron chi connectivity index (χ2n) is 8.51. The van der Waals surface area contributed by atoms with Gasteiger partial charge in [-0.05, 0) is 87.5 Å². The summed E-state index contributed by atoms with van der Waals surface area (Å²) < 4.78 is 20.1. The van der Waals surface area contributed by atoms with Crippen LogP contribution < -0.4 is 0 Å². The molecular formula is C23H30ClFO. The monoisotopic (exact) mass is 376 g/mol. The van der Waals surface area contributed by atoms with Crippen molar-refractivity contribution < 1.29 is 9.13 Å². The first-order chi connectivity index (χ1) is 12.7. The number of rotatable bonds is 4. The maximum atomic E-state index is 14.8. The molecule has 2 aliphatic carbocycles. The van der Waals surface area contributed by atoms with E-state index in [2.05, 4.69) is 19.1 Å². The van der Waals surface area contributed by atoms with E-state index in [1.54, 1.807) is 0 Å². The van der Waals surface area contributed by atoms with Crippen LogP contribution in [0.3, 0.4) is 0 Å². The Labute approximate surface area is 162 Å². The van der Waals surface area contributed by atoms with Crippen LogP contribution >= 0.6 is 11.6 Å². The minimum atomic E-state index is -0.199. The summed E-state index contributed by atoms with van der Waals surface area (Å²) in [4.78, 5) is 0. The van der Waals surface area contributed by atoms with Crippen LogP contribution in [0.5, 0.6) is 0 Å². The lowest BCUT2D eigenvalue weighted by Crippen LogP contribution is -2.25. The molecule has 0 spiro atoms. The molecule has 3 fully saturated rings. The molecule has 1 aromatic carbocycles. The predicted octanol–water partition coefficient (Wildman–Crippen LogP) is 7.21. The lowest BCUT2D eigenvalue weighted by Gasteiger charge is -2.37. The summed E-state index contributed by atoms with van der Waals surface area (Å²) in [6.07, 6.45) is 14.8. The predicted molar refractivity (Wildman–Crippen MR) is 105 cm³/mol. The van der Waals surface area contributed by atoms with Gasteiger partial charge in [-0.25, -0.2) is 4.39 Å². The molecule has 0 N–H and O–H groups in total. The van der Waals surface area contributed by atoms with Crippen LogP contribution in [0.2, 0.25) is 5.02 Å². The average molecular weight is 377 g/mol. The smallest absolute Gasteiger partial charge is 0.145 e. The minimum absolute atomic E-state index is 0.0134. The van der Waals surface area contributed by atoms with Crippen molar-refractivity contribution in [1.29, 1.82) is 0 Å². The summed E-state index contributed by atoms with van der Waals surface area (Å²) in [6, 6.07) is 3.94. The normalized spacial score (nSPS) is 35.0. The Balaban J connectivity index is 1.35. The Morgan fingerprint density at radius 2 is 1.54 bits per heavy atom. The van der Waals surface area contributed by atoms with Gasteiger partial charge in [-0.2, -0.15) is 0 Å². The van der Waals surface area contributed by atoms with Crippen LogP contribution in [0.4, 0.5) is 4.39 Å². The highest BCUT2D eigenvalue weighted by Crippen LogP contribution is 2.46. The van der Waals surface area contributed by atoms with Crippen molar-refractivity contribution in [1.82, 2.24) is 0 Å². The zero-order chi connectivity index (χ0) is 18.1. The average Bonchev–Trinajstić information content (AvgIpc) is 3.50. The lowest BCUT2D eigenvalue weighted by atomic mass is 9.68. The molecule has 1 saturated heterocycles. The van der Waals surface area contributed by atoms with Gasteiger partial charge in [0.25, 0.3) is 0 Å². The minimum Gasteiger partial charge on any atom is -0.368 e. The molecular weight excluding hydrogens is 347 g/mol. The Morgan fingerprint density at radius 3 is 2.12 bits per heavy atom. The maximum absolute atomic E-state index is 14.8. The molecule has 1 aliphatic heterocycles. The molecule has 26 heavy (non-hydrogen) atoms. The fourth-order valence-electron chi connectivity index (χ4n) is 5.35. The Kier molecular flexibility index (Phi) is 5.71. The zero-order valence-corrected chi connectivity index (χ0v) is 16.5. The van der Waals surface area contributed by atoms with Crippen LogP contribution in [0.1, 0.15) is 81.4 Å². The number of epoxide rings is 1. The molecule has 1 atom stereocenters. The van der Waals surface area contributed by atoms with Crippen molar-refractivity contribution in [2.75, 3.05) is 6.61 Å². The summed E-state index contributed by atoms with van der Waals surface area (Å²) >= 11 is 6.28. The first-order valence-electron chi connectivity index (χ1n) is 10.4. The van der Waals surface area contributed by atoms with Crippen LogP contribution in [0, 0.1) is 23.6 Å². The molecule has 1 nitrogen and oxygen atoms in total. The van der Waals surface area contributed by atoms with Gasteiger partial charge in [-0.1, -0.05) is 35.9 Å². The molecule has 3 heteroatoms. The molecule has 2 saturated carbocycles. The largest absolute Gasteiger partial charge is 0.368 e. The summed E-state index contributed by atoms with van der Waals surface area (Å²) in [5.41, 5.74) is 1.65. The third-order valence-corrected chi connectivity index (χ3v) is 7.37. The third kappa shape index (κ3) is 3.87. The van der Waals surface area contributed by atoms with Crippen molar-refractivity contribution in [3.63, 3.8) is 0 Å². The molecule has 142 valence electrons. The zero-order valence-electron chi connectivity index (χ0n) is 15.7. The van der Waals surface area contributed by atoms with E-state index in [1.165, 1.54) is 38.5 Å². The van der Waals surface area contributed by atoms with Gasteiger partial charge in [-0.3, -0.25) is 0 Å². The van der Waals surface area contributed by atoms with Gasteiger partial charge in [0.2, 0.25) is 0 Å². The van der Waals surface area contributed by atoms with Gasteiger partial charge in [0, 0.05) is 5.56 Å². The third-order valence-electron chi connectivity index (χ3n) is 6.98. The standard InChI is InChI=1S/C23H30ClFO/c1-2-3-15-4-6-16(7-5-15)17-8-10-18(11-9-17)19-12-13-20(21-14-26-21)22(24)23(19)25/h2-3,12-13,15-18,21H,4-11,14H2,1H3/b3-2+. The maximum Gasteiger partial charge on any atom is 0.145 e. The van der Waals surface area contributed by atoms with E-state index in [1.807, 2.05) is 12.1 Å². The van der Waals surface area contributed by atoms with E-state index < -0.39 is 0 Å². The van der Waals surface area contributed by atoms with Crippen LogP contribution in [0.25, 0.3) is 0 Å². The lowest BCUT2D eigenvalue weighted by molar-refractivity contribution is 0.171. The quantitative estimate of drug-likeness (QED) is 0.399. The van der Waals surface area contributed by atoms with Crippen LogP contribution in [-0.2, 0) is 4.74 Å². The van der Waals surface area contributed by atoms with E-state index in [-0.39, 0.29) is 16.9 Å². The molecule has 1 heterocycles. The molecule has 3 aliphatic rings. The molecule has 0 radical (unpaired) electrons. The molecule has 1 unspecified atom stereocenters. The highest BCUT2D eigenvalue weighted by molar-refractivity contribution is 6.31. The van der Waals surface area contributed by atoms with Crippen molar-refractivity contribution in [3.05, 3.63) is 46.3 Å². The van der Waals surface area contributed by atoms with Crippen LogP contribution in [-0.4, -0.2) is 6.61 Å². The van der Waals surface area contributed by atoms with Crippen molar-refractivity contribution >= 4 is 11.6 Å². The van der Waals surface area contributed by atoms with E-state index in [4.69, 9.17) is 16.3 Å². The second kappa shape index (κ2) is 8.02. The number of hydrogen-bond donors (Lipinski definition) is 0. The van der Waals surface area contributed by atoms with Gasteiger partial charge >= 0.3 is 0 Å². The van der Waals surface area contributed by atoms with Crippen LogP contribution in [0.15, 0.2) is 24.3 Å². The van der Waals surface area contributed by atoms with E-state index in [0.29, 0.717) is 12.5 Å². The van der Waals surface area contributed by atoms with Gasteiger partial charge in [-0.15, -0.1) is 0 Å². The van der Waals surface area contributed by atoms with Crippen molar-refractivity contribution in [3.8, 4) is 0 Å². The SMILES string of the molecule is C/C=C/C1CCC(C2CCC(c3ccc(C4CO4)c(Cl)c3F)CC2)CC1. The molecule has 0 amide bonds. The highest BCUT2D eigenvalue weighted by Gasteiger charge is 2.33. The fourth-order valence-corrected chi connectivity index (χ4v) is 5.65. The first-order valence-corrected chi connectivity index (χ1v) is 10.8. The number of ether oxygens (including phenoxy) is 1. The Hall–Kier alpha value is -0.860. The number of benzene rings is 1. The van der Waals surface area contributed by atoms with Gasteiger partial charge in [0.1, 0.15) is 11.9 Å². The van der Waals surface area contributed by atoms with Gasteiger partial charge in [0.05, 0.1) is 11.6 Å². The van der Waals surface area contributed by atoms with Gasteiger partial charge in [0.15, 0.2) is 0 Å². The molecule has 0 bridgehead atoms. The number of allylic oxidation sites excluding steroid dienone is 2. The van der Waals surface area contributed by atoms with Crippen molar-refractivity contribution in [2.24, 2.45) is 17.8 Å². The van der Waals surface area contributed by atoms with Gasteiger partial charge < -0.3 is 4.74 Å². The second-order valence-corrected chi connectivity index (χ2v) is 8.88. The van der Waals surface area contributed by atoms with E-state index >= 15 is 0 Å². The summed E-state index contributed by atoms with van der Waals surface area (Å²) in [5.74, 6) is 2.67. The topological polar surface area (TPSA) is 12.5 Å². The summed E-state index contributed by atoms with van der Waals surface area (Å²) in [6.45, 7) is 2.79. The summed E-state index contributed by atoms with van der Waals surface area (Å²) in [5, 5.41) is 0.287. The van der Waals surface area contributed by atoms with Crippen molar-refractivity contribution in [2.45, 2.75) is 70.3 Å². The Morgan fingerprint density at radius 1 is 0.962 bits per heavy atom. The number of hydrogen-bond acceptors (Lipinski definition) is 1. The molecule has 1 aromatic rings. The van der Waals surface area contributed by atoms with E-state index in [9.17, 15) is 4.39 Å².